The molecule has 1 saturated heterocycles. The maximum Gasteiger partial charge on any atom is 0.273 e. The van der Waals surface area contributed by atoms with Gasteiger partial charge in [0.05, 0.1) is 12.6 Å². The summed E-state index contributed by atoms with van der Waals surface area (Å²) in [7, 11) is 0. The van der Waals surface area contributed by atoms with Gasteiger partial charge >= 0.3 is 0 Å². The Morgan fingerprint density at radius 1 is 1.50 bits per heavy atom. The number of nitrogens with one attached hydrogen (secondary N) is 1. The molecule has 0 aliphatic carbocycles. The van der Waals surface area contributed by atoms with E-state index in [0.717, 1.165) is 19.4 Å². The summed E-state index contributed by atoms with van der Waals surface area (Å²) >= 11 is 0. The predicted molar refractivity (Wildman–Crippen MR) is 73.1 cm³/mol. The molecule has 18 heavy (non-hydrogen) atoms. The minimum atomic E-state index is 0.0420. The first-order valence-corrected chi connectivity index (χ1v) is 6.74. The second-order valence-corrected chi connectivity index (χ2v) is 5.17. The third kappa shape index (κ3) is 3.35. The lowest BCUT2D eigenvalue weighted by Gasteiger charge is -2.23. The first-order valence-electron chi connectivity index (χ1n) is 6.74. The Balaban J connectivity index is 2.10. The van der Waals surface area contributed by atoms with Crippen LogP contribution in [0.3, 0.4) is 0 Å². The Bertz CT molecular complexity index is 434. The smallest absolute Gasteiger partial charge is 0.273 e. The third-order valence-corrected chi connectivity index (χ3v) is 3.14. The molecule has 1 aromatic heterocycles. The summed E-state index contributed by atoms with van der Waals surface area (Å²) in [6, 6.07) is 4.01. The lowest BCUT2D eigenvalue weighted by atomic mass is 10.1. The maximum absolute atomic E-state index is 12.2. The van der Waals surface area contributed by atoms with E-state index in [2.05, 4.69) is 5.32 Å². The van der Waals surface area contributed by atoms with E-state index in [1.165, 1.54) is 6.42 Å². The maximum atomic E-state index is 12.2. The van der Waals surface area contributed by atoms with E-state index in [-0.39, 0.29) is 17.7 Å². The van der Waals surface area contributed by atoms with Crippen molar-refractivity contribution in [3.8, 4) is 0 Å². The topological polar surface area (TPSA) is 43.3 Å². The Morgan fingerprint density at radius 3 is 3.00 bits per heavy atom. The van der Waals surface area contributed by atoms with Gasteiger partial charge in [-0.1, -0.05) is 0 Å². The fourth-order valence-corrected chi connectivity index (χ4v) is 2.27. The van der Waals surface area contributed by atoms with Gasteiger partial charge in [-0.3, -0.25) is 4.79 Å². The van der Waals surface area contributed by atoms with E-state index in [1.54, 1.807) is 4.57 Å². The quantitative estimate of drug-likeness (QED) is 0.891. The van der Waals surface area contributed by atoms with Gasteiger partial charge < -0.3 is 14.6 Å². The highest BCUT2D eigenvalue weighted by atomic mass is 16.5. The van der Waals surface area contributed by atoms with Crippen LogP contribution in [0.2, 0.25) is 0 Å². The van der Waals surface area contributed by atoms with Gasteiger partial charge in [0.25, 0.3) is 5.56 Å². The molecule has 1 aliphatic rings. The van der Waals surface area contributed by atoms with E-state index in [0.29, 0.717) is 12.2 Å². The summed E-state index contributed by atoms with van der Waals surface area (Å²) in [4.78, 5) is 12.2. The van der Waals surface area contributed by atoms with Crippen molar-refractivity contribution in [3.05, 3.63) is 28.7 Å². The van der Waals surface area contributed by atoms with E-state index >= 15 is 0 Å². The van der Waals surface area contributed by atoms with Crippen LogP contribution in [0.15, 0.2) is 23.1 Å². The second-order valence-electron chi connectivity index (χ2n) is 5.17. The van der Waals surface area contributed by atoms with Crippen molar-refractivity contribution in [1.29, 1.82) is 0 Å². The van der Waals surface area contributed by atoms with E-state index in [4.69, 9.17) is 4.74 Å². The van der Waals surface area contributed by atoms with Gasteiger partial charge in [-0.2, -0.15) is 0 Å². The highest BCUT2D eigenvalue weighted by molar-refractivity contribution is 5.40. The minimum absolute atomic E-state index is 0.0420. The van der Waals surface area contributed by atoms with Crippen LogP contribution in [0.1, 0.15) is 33.1 Å². The van der Waals surface area contributed by atoms with Crippen LogP contribution in [0.25, 0.3) is 0 Å². The van der Waals surface area contributed by atoms with Crippen LogP contribution in [-0.2, 0) is 11.3 Å². The molecule has 1 unspecified atom stereocenters. The van der Waals surface area contributed by atoms with Crippen LogP contribution < -0.4 is 10.9 Å². The SMILES string of the molecule is CC(C)Nc1cccn(CC2CCCCO2)c1=O. The van der Waals surface area contributed by atoms with Crippen molar-refractivity contribution in [2.24, 2.45) is 0 Å². The third-order valence-electron chi connectivity index (χ3n) is 3.14. The standard InChI is InChI=1S/C14H22N2O2/c1-11(2)15-13-7-5-8-16(14(13)17)10-12-6-3-4-9-18-12/h5,7-8,11-12,15H,3-4,6,9-10H2,1-2H3. The lowest BCUT2D eigenvalue weighted by molar-refractivity contribution is 0.00546. The molecular formula is C14H22N2O2. The Morgan fingerprint density at radius 2 is 2.33 bits per heavy atom. The van der Waals surface area contributed by atoms with Crippen LogP contribution >= 0.6 is 0 Å². The van der Waals surface area contributed by atoms with Gasteiger partial charge in [0, 0.05) is 18.8 Å². The molecule has 1 atom stereocenters. The summed E-state index contributed by atoms with van der Waals surface area (Å²) in [6.45, 7) is 5.54. The largest absolute Gasteiger partial charge is 0.378 e. The van der Waals surface area contributed by atoms with Crippen molar-refractivity contribution in [2.45, 2.75) is 51.8 Å². The Kier molecular flexibility index (Phi) is 4.42. The zero-order valence-corrected chi connectivity index (χ0v) is 11.2. The molecule has 4 heteroatoms. The molecule has 1 fully saturated rings. The van der Waals surface area contributed by atoms with Crippen LogP contribution in [0, 0.1) is 0 Å². The average molecular weight is 250 g/mol. The summed E-state index contributed by atoms with van der Waals surface area (Å²) in [5, 5.41) is 3.18. The number of ether oxygens (including phenoxy) is 1. The highest BCUT2D eigenvalue weighted by Crippen LogP contribution is 2.14. The summed E-state index contributed by atoms with van der Waals surface area (Å²) in [6.07, 6.45) is 5.41. The molecule has 0 amide bonds. The number of pyridine rings is 1. The van der Waals surface area contributed by atoms with Crippen molar-refractivity contribution in [3.63, 3.8) is 0 Å². The molecule has 2 rings (SSSR count). The average Bonchev–Trinajstić information content (AvgIpc) is 2.35. The fraction of sp³-hybridized carbons (Fsp3) is 0.643. The first kappa shape index (κ1) is 13.1. The molecule has 1 aromatic rings. The van der Waals surface area contributed by atoms with Gasteiger partial charge in [-0.05, 0) is 45.2 Å². The molecule has 0 bridgehead atoms. The molecule has 0 aromatic carbocycles. The minimum Gasteiger partial charge on any atom is -0.378 e. The molecule has 0 saturated carbocycles. The van der Waals surface area contributed by atoms with Gasteiger partial charge in [0.2, 0.25) is 0 Å². The van der Waals surface area contributed by atoms with E-state index in [9.17, 15) is 4.79 Å². The van der Waals surface area contributed by atoms with Crippen molar-refractivity contribution in [1.82, 2.24) is 4.57 Å². The van der Waals surface area contributed by atoms with Crippen LogP contribution in [0.4, 0.5) is 5.69 Å². The van der Waals surface area contributed by atoms with Crippen LogP contribution in [0.5, 0.6) is 0 Å². The van der Waals surface area contributed by atoms with Gasteiger partial charge in [-0.15, -0.1) is 0 Å². The number of hydrogen-bond acceptors (Lipinski definition) is 3. The van der Waals surface area contributed by atoms with Crippen molar-refractivity contribution in [2.75, 3.05) is 11.9 Å². The molecule has 1 N–H and O–H groups in total. The number of anilines is 1. The zero-order valence-electron chi connectivity index (χ0n) is 11.2. The monoisotopic (exact) mass is 250 g/mol. The number of rotatable bonds is 4. The molecule has 0 radical (unpaired) electrons. The molecular weight excluding hydrogens is 228 g/mol. The lowest BCUT2D eigenvalue weighted by Crippen LogP contribution is -2.32. The van der Waals surface area contributed by atoms with Gasteiger partial charge in [-0.25, -0.2) is 0 Å². The molecule has 1 aliphatic heterocycles. The van der Waals surface area contributed by atoms with E-state index in [1.807, 2.05) is 32.2 Å². The number of nitrogens with zero attached hydrogens (tertiary/aromatic N) is 1. The normalized spacial score (nSPS) is 20.1. The Labute approximate surface area is 108 Å². The van der Waals surface area contributed by atoms with Crippen LogP contribution in [-0.4, -0.2) is 23.3 Å². The molecule has 100 valence electrons. The fourth-order valence-electron chi connectivity index (χ4n) is 2.27. The summed E-state index contributed by atoms with van der Waals surface area (Å²) in [5.74, 6) is 0. The highest BCUT2D eigenvalue weighted by Gasteiger charge is 2.15. The van der Waals surface area contributed by atoms with Gasteiger partial charge in [0.1, 0.15) is 5.69 Å². The van der Waals surface area contributed by atoms with Crippen molar-refractivity contribution < 1.29 is 4.74 Å². The molecule has 4 nitrogen and oxygen atoms in total. The molecule has 2 heterocycles. The number of hydrogen-bond donors (Lipinski definition) is 1. The predicted octanol–water partition coefficient (Wildman–Crippen LogP) is 2.24. The molecule has 0 spiro atoms. The van der Waals surface area contributed by atoms with Gasteiger partial charge in [0.15, 0.2) is 0 Å². The Hall–Kier alpha value is -1.29. The number of aromatic nitrogens is 1. The summed E-state index contributed by atoms with van der Waals surface area (Å²) < 4.78 is 7.43. The second kappa shape index (κ2) is 6.05. The van der Waals surface area contributed by atoms with Crippen molar-refractivity contribution >= 4 is 5.69 Å². The zero-order chi connectivity index (χ0) is 13.0. The first-order chi connectivity index (χ1) is 8.66. The summed E-state index contributed by atoms with van der Waals surface area (Å²) in [5.41, 5.74) is 0.712. The van der Waals surface area contributed by atoms with E-state index < -0.39 is 0 Å².